The number of aliphatic hydroxyl groups is 1. The van der Waals surface area contributed by atoms with Crippen LogP contribution >= 0.6 is 11.3 Å². The van der Waals surface area contributed by atoms with E-state index in [1.165, 1.54) is 49.8 Å². The average Bonchev–Trinajstić information content (AvgIpc) is 3.29. The molecule has 1 aromatic rings. The number of Topliss-reactive ketones (excluding diaryl/α,β-unsaturated/α-hetero) is 1. The summed E-state index contributed by atoms with van der Waals surface area (Å²) in [6.45, 7) is 2.02. The molecule has 1 aliphatic carbocycles. The fourth-order valence-electron chi connectivity index (χ4n) is 3.86. The Kier molecular flexibility index (Phi) is 13.8. The van der Waals surface area contributed by atoms with Crippen molar-refractivity contribution < 1.29 is 29.7 Å². The molecule has 0 aromatic carbocycles. The number of carboxylic acid groups (broad SMARTS) is 2. The number of unbranched alkanes of at least 4 members (excludes halogenated alkanes) is 1. The van der Waals surface area contributed by atoms with E-state index in [0.29, 0.717) is 18.6 Å². The second-order valence-electron chi connectivity index (χ2n) is 8.82. The lowest BCUT2D eigenvalue weighted by Crippen LogP contribution is -2.43. The first-order valence-corrected chi connectivity index (χ1v) is 12.7. The number of carbonyl (C=O) groups is 3. The summed E-state index contributed by atoms with van der Waals surface area (Å²) in [6, 6.07) is 4.01. The summed E-state index contributed by atoms with van der Waals surface area (Å²) < 4.78 is 0. The first kappa shape index (κ1) is 29.0. The number of nitrogens with two attached hydrogens (primary N) is 1. The van der Waals surface area contributed by atoms with Gasteiger partial charge in [-0.2, -0.15) is 0 Å². The summed E-state index contributed by atoms with van der Waals surface area (Å²) >= 11 is 1.60. The lowest BCUT2D eigenvalue weighted by Gasteiger charge is -2.25. The number of carbonyl (C=O) groups excluding carboxylic acids is 1. The van der Waals surface area contributed by atoms with Gasteiger partial charge in [0, 0.05) is 29.0 Å². The normalized spacial score (nSPS) is 16.1. The molecule has 1 aliphatic rings. The first-order chi connectivity index (χ1) is 15.7. The molecule has 1 fully saturated rings. The van der Waals surface area contributed by atoms with E-state index in [-0.39, 0.29) is 12.4 Å². The quantitative estimate of drug-likeness (QED) is 0.180. The molecule has 5 N–H and O–H groups in total. The molecule has 0 amide bonds. The monoisotopic (exact) mass is 481 g/mol. The minimum atomic E-state index is -1.26. The second kappa shape index (κ2) is 15.7. The molecule has 0 radical (unpaired) electrons. The number of carboxylic acids is 2. The summed E-state index contributed by atoms with van der Waals surface area (Å²) in [5.74, 6) is -1.31. The Morgan fingerprint density at radius 3 is 2.27 bits per heavy atom. The number of rotatable bonds is 13. The number of aliphatic hydroxyl groups excluding tert-OH is 1. The molecule has 1 saturated carbocycles. The Hall–Kier alpha value is -2.03. The van der Waals surface area contributed by atoms with Crippen LogP contribution in [0.4, 0.5) is 0 Å². The zero-order chi connectivity index (χ0) is 24.7. The molecule has 1 aromatic heterocycles. The number of thiophene rings is 1. The number of ketones is 1. The number of aryl methyl sites for hydroxylation is 1. The molecule has 1 heterocycles. The van der Waals surface area contributed by atoms with Gasteiger partial charge in [0.05, 0.1) is 11.5 Å². The second-order valence-corrected chi connectivity index (χ2v) is 9.99. The van der Waals surface area contributed by atoms with Gasteiger partial charge in [-0.05, 0) is 43.7 Å². The third-order valence-corrected chi connectivity index (χ3v) is 7.37. The number of aliphatic carboxylic acids is 2. The SMILES string of the molecule is CCC(N)(CO)CCc1ccc(C(=O)CCCCC2CCCCC2)s1.O=C(O)C=CC(=O)O. The van der Waals surface area contributed by atoms with Gasteiger partial charge in [-0.15, -0.1) is 11.3 Å². The standard InChI is InChI=1S/C21H35NO2S.C4H4O4/c1-2-21(22,16-23)15-14-18-12-13-20(25-18)19(24)11-7-6-10-17-8-4-3-5-9-17;5-3(6)1-2-4(7)8/h12-13,17,23H,2-11,14-16,22H2,1H3;1-2H,(H,5,6)(H,7,8). The lowest BCUT2D eigenvalue weighted by atomic mass is 9.85. The zero-order valence-corrected chi connectivity index (χ0v) is 20.4. The van der Waals surface area contributed by atoms with Gasteiger partial charge in [0.1, 0.15) is 0 Å². The topological polar surface area (TPSA) is 138 Å². The Balaban J connectivity index is 0.000000582. The maximum absolute atomic E-state index is 12.4. The van der Waals surface area contributed by atoms with Gasteiger partial charge < -0.3 is 21.1 Å². The van der Waals surface area contributed by atoms with Crippen molar-refractivity contribution in [3.05, 3.63) is 34.0 Å². The first-order valence-electron chi connectivity index (χ1n) is 11.8. The molecule has 1 atom stereocenters. The van der Waals surface area contributed by atoms with Gasteiger partial charge in [-0.3, -0.25) is 4.79 Å². The van der Waals surface area contributed by atoms with Crippen molar-refractivity contribution in [3.8, 4) is 0 Å². The molecular formula is C25H39NO6S. The molecule has 0 spiro atoms. The van der Waals surface area contributed by atoms with Crippen LogP contribution in [-0.2, 0) is 16.0 Å². The highest BCUT2D eigenvalue weighted by atomic mass is 32.1. The molecule has 0 bridgehead atoms. The highest BCUT2D eigenvalue weighted by Gasteiger charge is 2.21. The van der Waals surface area contributed by atoms with Crippen LogP contribution in [0.2, 0.25) is 0 Å². The fourth-order valence-corrected chi connectivity index (χ4v) is 4.84. The van der Waals surface area contributed by atoms with Crippen molar-refractivity contribution in [2.45, 2.75) is 89.5 Å². The Morgan fingerprint density at radius 2 is 1.73 bits per heavy atom. The minimum Gasteiger partial charge on any atom is -0.478 e. The van der Waals surface area contributed by atoms with E-state index in [1.807, 2.05) is 19.1 Å². The van der Waals surface area contributed by atoms with Gasteiger partial charge in [-0.1, -0.05) is 51.9 Å². The maximum Gasteiger partial charge on any atom is 0.328 e. The van der Waals surface area contributed by atoms with Crippen molar-refractivity contribution in [2.24, 2.45) is 11.7 Å². The molecule has 1 unspecified atom stereocenters. The van der Waals surface area contributed by atoms with Gasteiger partial charge in [-0.25, -0.2) is 9.59 Å². The van der Waals surface area contributed by atoms with Crippen LogP contribution in [0.1, 0.15) is 92.1 Å². The number of hydrogen-bond acceptors (Lipinski definition) is 6. The summed E-state index contributed by atoms with van der Waals surface area (Å²) in [4.78, 5) is 33.6. The lowest BCUT2D eigenvalue weighted by molar-refractivity contribution is -0.134. The van der Waals surface area contributed by atoms with Crippen molar-refractivity contribution >= 4 is 29.1 Å². The van der Waals surface area contributed by atoms with Crippen LogP contribution in [-0.4, -0.2) is 45.2 Å². The van der Waals surface area contributed by atoms with Gasteiger partial charge >= 0.3 is 11.9 Å². The van der Waals surface area contributed by atoms with Crippen LogP contribution in [0.15, 0.2) is 24.3 Å². The molecule has 8 heteroatoms. The highest BCUT2D eigenvalue weighted by molar-refractivity contribution is 7.14. The van der Waals surface area contributed by atoms with E-state index in [1.54, 1.807) is 11.3 Å². The maximum atomic E-state index is 12.4. The Labute approximate surface area is 200 Å². The van der Waals surface area contributed by atoms with Gasteiger partial charge in [0.2, 0.25) is 0 Å². The predicted octanol–water partition coefficient (Wildman–Crippen LogP) is 4.82. The average molecular weight is 482 g/mol. The molecule has 186 valence electrons. The van der Waals surface area contributed by atoms with E-state index >= 15 is 0 Å². The van der Waals surface area contributed by atoms with E-state index < -0.39 is 17.5 Å². The predicted molar refractivity (Wildman–Crippen MR) is 131 cm³/mol. The van der Waals surface area contributed by atoms with E-state index in [2.05, 4.69) is 0 Å². The van der Waals surface area contributed by atoms with E-state index in [0.717, 1.165) is 36.5 Å². The fraction of sp³-hybridized carbons (Fsp3) is 0.640. The van der Waals surface area contributed by atoms with Crippen LogP contribution < -0.4 is 5.73 Å². The van der Waals surface area contributed by atoms with Crippen molar-refractivity contribution in [3.63, 3.8) is 0 Å². The smallest absolute Gasteiger partial charge is 0.328 e. The minimum absolute atomic E-state index is 0.0155. The van der Waals surface area contributed by atoms with E-state index in [9.17, 15) is 19.5 Å². The van der Waals surface area contributed by atoms with Crippen LogP contribution in [0.3, 0.4) is 0 Å². The third-order valence-electron chi connectivity index (χ3n) is 6.18. The van der Waals surface area contributed by atoms with Crippen LogP contribution in [0.5, 0.6) is 0 Å². The molecule has 7 nitrogen and oxygen atoms in total. The summed E-state index contributed by atoms with van der Waals surface area (Å²) in [5.41, 5.74) is 5.65. The highest BCUT2D eigenvalue weighted by Crippen LogP contribution is 2.28. The summed E-state index contributed by atoms with van der Waals surface area (Å²) in [5, 5.41) is 25.0. The summed E-state index contributed by atoms with van der Waals surface area (Å²) in [7, 11) is 0. The molecule has 0 aliphatic heterocycles. The van der Waals surface area contributed by atoms with Gasteiger partial charge in [0.25, 0.3) is 0 Å². The van der Waals surface area contributed by atoms with Crippen LogP contribution in [0.25, 0.3) is 0 Å². The van der Waals surface area contributed by atoms with Crippen molar-refractivity contribution in [1.29, 1.82) is 0 Å². The van der Waals surface area contributed by atoms with Crippen molar-refractivity contribution in [1.82, 2.24) is 0 Å². The Bertz CT molecular complexity index is 747. The van der Waals surface area contributed by atoms with E-state index in [4.69, 9.17) is 15.9 Å². The molecule has 2 rings (SSSR count). The molecular weight excluding hydrogens is 442 g/mol. The largest absolute Gasteiger partial charge is 0.478 e. The zero-order valence-electron chi connectivity index (χ0n) is 19.6. The number of hydrogen-bond donors (Lipinski definition) is 4. The van der Waals surface area contributed by atoms with Crippen molar-refractivity contribution in [2.75, 3.05) is 6.61 Å². The summed E-state index contributed by atoms with van der Waals surface area (Å²) in [6.07, 6.45) is 14.7. The Morgan fingerprint density at radius 1 is 1.09 bits per heavy atom. The molecule has 0 saturated heterocycles. The molecule has 33 heavy (non-hydrogen) atoms. The van der Waals surface area contributed by atoms with Crippen LogP contribution in [0, 0.1) is 5.92 Å². The third kappa shape index (κ3) is 12.7. The van der Waals surface area contributed by atoms with Gasteiger partial charge in [0.15, 0.2) is 5.78 Å².